The Morgan fingerprint density at radius 2 is 1.67 bits per heavy atom. The standard InChI is InChI=1S/C21H16N2O5S2/c22-30(26,27)18-10-6-15(7-11-18)23-20(24)19(29-21(23)25)13-17-9-8-16(28-17)12-14-4-2-1-3-5-14/h1-11,13H,12H2,(H2,22,26,27)/b19-13-. The van der Waals surface area contributed by atoms with E-state index in [2.05, 4.69) is 0 Å². The first-order chi connectivity index (χ1) is 14.3. The van der Waals surface area contributed by atoms with Gasteiger partial charge in [0.2, 0.25) is 10.0 Å². The van der Waals surface area contributed by atoms with E-state index in [1.165, 1.54) is 30.3 Å². The lowest BCUT2D eigenvalue weighted by molar-refractivity contribution is -0.113. The van der Waals surface area contributed by atoms with Crippen LogP contribution in [-0.4, -0.2) is 19.6 Å². The van der Waals surface area contributed by atoms with Gasteiger partial charge in [-0.1, -0.05) is 30.3 Å². The van der Waals surface area contributed by atoms with Crippen molar-refractivity contribution in [3.63, 3.8) is 0 Å². The SMILES string of the molecule is NS(=O)(=O)c1ccc(N2C(=O)S/C(=C\c3ccc(Cc4ccccc4)o3)C2=O)cc1. The summed E-state index contributed by atoms with van der Waals surface area (Å²) in [6, 6.07) is 18.6. The van der Waals surface area contributed by atoms with Gasteiger partial charge in [-0.3, -0.25) is 9.59 Å². The van der Waals surface area contributed by atoms with Crippen molar-refractivity contribution in [2.75, 3.05) is 4.90 Å². The van der Waals surface area contributed by atoms with Gasteiger partial charge >= 0.3 is 0 Å². The Hall–Kier alpha value is -3.14. The molecule has 0 saturated carbocycles. The lowest BCUT2D eigenvalue weighted by atomic mass is 10.1. The van der Waals surface area contributed by atoms with Crippen molar-refractivity contribution in [1.29, 1.82) is 0 Å². The molecule has 2 N–H and O–H groups in total. The highest BCUT2D eigenvalue weighted by atomic mass is 32.2. The van der Waals surface area contributed by atoms with Crippen molar-refractivity contribution in [3.8, 4) is 0 Å². The molecule has 7 nitrogen and oxygen atoms in total. The third kappa shape index (κ3) is 4.23. The lowest BCUT2D eigenvalue weighted by Gasteiger charge is -2.12. The molecule has 3 aromatic rings. The maximum absolute atomic E-state index is 12.7. The topological polar surface area (TPSA) is 111 Å². The predicted octanol–water partition coefficient (Wildman–Crippen LogP) is 3.76. The van der Waals surface area contributed by atoms with Crippen LogP contribution in [0.1, 0.15) is 17.1 Å². The van der Waals surface area contributed by atoms with E-state index in [4.69, 9.17) is 9.56 Å². The largest absolute Gasteiger partial charge is 0.461 e. The Labute approximate surface area is 177 Å². The van der Waals surface area contributed by atoms with E-state index in [0.29, 0.717) is 12.2 Å². The second kappa shape index (κ2) is 7.94. The zero-order valence-electron chi connectivity index (χ0n) is 15.5. The van der Waals surface area contributed by atoms with Crippen molar-refractivity contribution >= 4 is 44.7 Å². The van der Waals surface area contributed by atoms with Gasteiger partial charge in [-0.25, -0.2) is 18.5 Å². The van der Waals surface area contributed by atoms with E-state index in [9.17, 15) is 18.0 Å². The summed E-state index contributed by atoms with van der Waals surface area (Å²) in [6.45, 7) is 0. The molecule has 1 saturated heterocycles. The van der Waals surface area contributed by atoms with Crippen LogP contribution in [0.4, 0.5) is 10.5 Å². The molecule has 0 spiro atoms. The first-order valence-electron chi connectivity index (χ1n) is 8.85. The van der Waals surface area contributed by atoms with Gasteiger partial charge in [-0.2, -0.15) is 0 Å². The molecule has 1 fully saturated rings. The molecule has 0 unspecified atom stereocenters. The number of nitrogens with zero attached hydrogens (tertiary/aromatic N) is 1. The van der Waals surface area contributed by atoms with Crippen LogP contribution in [0.3, 0.4) is 0 Å². The van der Waals surface area contributed by atoms with E-state index in [1.807, 2.05) is 36.4 Å². The van der Waals surface area contributed by atoms with E-state index >= 15 is 0 Å². The Bertz CT molecular complexity index is 1250. The van der Waals surface area contributed by atoms with Crippen LogP contribution < -0.4 is 10.0 Å². The number of thioether (sulfide) groups is 1. The molecule has 0 radical (unpaired) electrons. The number of sulfonamides is 1. The summed E-state index contributed by atoms with van der Waals surface area (Å²) >= 11 is 0.790. The van der Waals surface area contributed by atoms with Crippen LogP contribution in [0.2, 0.25) is 0 Å². The number of hydrogen-bond donors (Lipinski definition) is 1. The van der Waals surface area contributed by atoms with Crippen LogP contribution >= 0.6 is 11.8 Å². The molecule has 1 aliphatic rings. The minimum Gasteiger partial charge on any atom is -0.461 e. The van der Waals surface area contributed by atoms with Crippen LogP contribution in [0.15, 0.2) is 80.9 Å². The van der Waals surface area contributed by atoms with Gasteiger partial charge in [0.15, 0.2) is 0 Å². The van der Waals surface area contributed by atoms with E-state index in [0.717, 1.165) is 28.0 Å². The molecule has 1 aliphatic heterocycles. The zero-order chi connectivity index (χ0) is 21.3. The third-order valence-electron chi connectivity index (χ3n) is 4.39. The number of carbonyl (C=O) groups excluding carboxylic acids is 2. The molecule has 0 bridgehead atoms. The molecule has 4 rings (SSSR count). The lowest BCUT2D eigenvalue weighted by Crippen LogP contribution is -2.27. The van der Waals surface area contributed by atoms with Crippen LogP contribution in [0.5, 0.6) is 0 Å². The normalized spacial score (nSPS) is 15.9. The second-order valence-corrected chi connectivity index (χ2v) is 9.08. The number of hydrogen-bond acceptors (Lipinski definition) is 6. The molecule has 0 aliphatic carbocycles. The fourth-order valence-electron chi connectivity index (χ4n) is 2.97. The molecule has 1 aromatic heterocycles. The summed E-state index contributed by atoms with van der Waals surface area (Å²) < 4.78 is 28.5. The number of amides is 2. The summed E-state index contributed by atoms with van der Waals surface area (Å²) in [5.41, 5.74) is 1.36. The summed E-state index contributed by atoms with van der Waals surface area (Å²) in [7, 11) is -3.86. The highest BCUT2D eigenvalue weighted by molar-refractivity contribution is 8.19. The minimum absolute atomic E-state index is 0.102. The molecule has 2 amide bonds. The Morgan fingerprint density at radius 1 is 0.967 bits per heavy atom. The highest BCUT2D eigenvalue weighted by Gasteiger charge is 2.36. The number of anilines is 1. The Morgan fingerprint density at radius 3 is 2.33 bits per heavy atom. The maximum Gasteiger partial charge on any atom is 0.298 e. The summed E-state index contributed by atoms with van der Waals surface area (Å²) in [5, 5.41) is 4.59. The fraction of sp³-hybridized carbons (Fsp3) is 0.0476. The quantitative estimate of drug-likeness (QED) is 0.605. The van der Waals surface area contributed by atoms with Gasteiger partial charge in [0.1, 0.15) is 11.5 Å². The van der Waals surface area contributed by atoms with Crippen molar-refractivity contribution in [1.82, 2.24) is 0 Å². The van der Waals surface area contributed by atoms with Gasteiger partial charge in [0.05, 0.1) is 15.5 Å². The van der Waals surface area contributed by atoms with Gasteiger partial charge in [-0.15, -0.1) is 0 Å². The average Bonchev–Trinajstić information content (AvgIpc) is 3.26. The zero-order valence-corrected chi connectivity index (χ0v) is 17.2. The number of rotatable bonds is 5. The smallest absolute Gasteiger partial charge is 0.298 e. The molecule has 9 heteroatoms. The predicted molar refractivity (Wildman–Crippen MR) is 114 cm³/mol. The van der Waals surface area contributed by atoms with Crippen LogP contribution in [-0.2, 0) is 21.2 Å². The maximum atomic E-state index is 12.7. The molecular formula is C21H16N2O5S2. The minimum atomic E-state index is -3.86. The first kappa shape index (κ1) is 20.1. The highest BCUT2D eigenvalue weighted by Crippen LogP contribution is 2.36. The van der Waals surface area contributed by atoms with Gasteiger partial charge in [-0.05, 0) is 53.7 Å². The molecule has 0 atom stereocenters. The fourth-order valence-corrected chi connectivity index (χ4v) is 4.31. The number of benzene rings is 2. The number of carbonyl (C=O) groups is 2. The number of furan rings is 1. The Balaban J connectivity index is 1.53. The number of imide groups is 1. The monoisotopic (exact) mass is 440 g/mol. The molecular weight excluding hydrogens is 424 g/mol. The van der Waals surface area contributed by atoms with Crippen molar-refractivity contribution in [3.05, 3.63) is 88.7 Å². The van der Waals surface area contributed by atoms with Gasteiger partial charge in [0, 0.05) is 12.5 Å². The van der Waals surface area contributed by atoms with Crippen molar-refractivity contribution in [2.24, 2.45) is 5.14 Å². The van der Waals surface area contributed by atoms with Crippen LogP contribution in [0.25, 0.3) is 6.08 Å². The van der Waals surface area contributed by atoms with Gasteiger partial charge < -0.3 is 4.42 Å². The number of nitrogens with two attached hydrogens (primary N) is 1. The van der Waals surface area contributed by atoms with E-state index in [1.54, 1.807) is 6.07 Å². The van der Waals surface area contributed by atoms with Crippen molar-refractivity contribution in [2.45, 2.75) is 11.3 Å². The average molecular weight is 441 g/mol. The summed E-state index contributed by atoms with van der Waals surface area (Å²) in [5.74, 6) is 0.704. The Kier molecular flexibility index (Phi) is 5.33. The molecule has 30 heavy (non-hydrogen) atoms. The van der Waals surface area contributed by atoms with Crippen molar-refractivity contribution < 1.29 is 22.4 Å². The molecule has 152 valence electrons. The second-order valence-electron chi connectivity index (χ2n) is 6.52. The van der Waals surface area contributed by atoms with E-state index in [-0.39, 0.29) is 15.5 Å². The summed E-state index contributed by atoms with van der Waals surface area (Å²) in [6.07, 6.45) is 2.14. The number of primary sulfonamides is 1. The summed E-state index contributed by atoms with van der Waals surface area (Å²) in [4.78, 5) is 26.2. The molecule has 2 aromatic carbocycles. The first-order valence-corrected chi connectivity index (χ1v) is 11.2. The third-order valence-corrected chi connectivity index (χ3v) is 6.19. The molecule has 2 heterocycles. The van der Waals surface area contributed by atoms with Crippen LogP contribution in [0, 0.1) is 0 Å². The van der Waals surface area contributed by atoms with Gasteiger partial charge in [0.25, 0.3) is 11.1 Å². The van der Waals surface area contributed by atoms with E-state index < -0.39 is 21.2 Å².